The molecule has 0 saturated carbocycles. The molecule has 0 unspecified atom stereocenters. The number of hydrogen-bond donors (Lipinski definition) is 0. The van der Waals surface area contributed by atoms with Gasteiger partial charge in [0.1, 0.15) is 5.76 Å². The van der Waals surface area contributed by atoms with Crippen molar-refractivity contribution in [1.29, 1.82) is 0 Å². The lowest BCUT2D eigenvalue weighted by atomic mass is 10.3. The van der Waals surface area contributed by atoms with Crippen LogP contribution in [0.5, 0.6) is 0 Å². The molecular weight excluding hydrogens is 148 g/mol. The normalized spacial score (nSPS) is 12.1. The maximum absolute atomic E-state index is 5.40. The Labute approximate surface area is 74.7 Å². The summed E-state index contributed by atoms with van der Waals surface area (Å²) < 4.78 is 5.40. The Morgan fingerprint density at radius 2 is 1.92 bits per heavy atom. The summed E-state index contributed by atoms with van der Waals surface area (Å²) in [6.07, 6.45) is 9.15. The van der Waals surface area contributed by atoms with E-state index >= 15 is 0 Å². The summed E-state index contributed by atoms with van der Waals surface area (Å²) in [5.41, 5.74) is 0. The van der Waals surface area contributed by atoms with Gasteiger partial charge in [-0.3, -0.25) is 0 Å². The second-order valence-corrected chi connectivity index (χ2v) is 2.56. The standard InChI is InChI=1S/C11H16O/c1-5-7-8-9-11(6-2)12-10(3)4/h5-10H,1-2H2,3-4H3/b8-7-,11-9+. The van der Waals surface area contributed by atoms with Crippen LogP contribution in [0.4, 0.5) is 0 Å². The highest BCUT2D eigenvalue weighted by Crippen LogP contribution is 2.03. The second kappa shape index (κ2) is 6.47. The Kier molecular flexibility index (Phi) is 5.80. The zero-order chi connectivity index (χ0) is 9.40. The lowest BCUT2D eigenvalue weighted by Gasteiger charge is -2.08. The minimum absolute atomic E-state index is 0.186. The second-order valence-electron chi connectivity index (χ2n) is 2.56. The van der Waals surface area contributed by atoms with Crippen LogP contribution in [-0.4, -0.2) is 6.10 Å². The average Bonchev–Trinajstić information content (AvgIpc) is 2.02. The predicted octanol–water partition coefficient (Wildman–Crippen LogP) is 3.22. The molecule has 1 nitrogen and oxygen atoms in total. The molecule has 0 amide bonds. The number of rotatable bonds is 5. The summed E-state index contributed by atoms with van der Waals surface area (Å²) in [7, 11) is 0. The number of hydrogen-bond acceptors (Lipinski definition) is 1. The van der Waals surface area contributed by atoms with Gasteiger partial charge in [-0.1, -0.05) is 31.4 Å². The average molecular weight is 164 g/mol. The van der Waals surface area contributed by atoms with E-state index in [1.807, 2.05) is 32.1 Å². The molecule has 0 aromatic carbocycles. The monoisotopic (exact) mass is 164 g/mol. The van der Waals surface area contributed by atoms with Crippen LogP contribution >= 0.6 is 0 Å². The van der Waals surface area contributed by atoms with E-state index in [2.05, 4.69) is 13.2 Å². The quantitative estimate of drug-likeness (QED) is 0.448. The zero-order valence-electron chi connectivity index (χ0n) is 7.79. The van der Waals surface area contributed by atoms with Crippen molar-refractivity contribution in [3.63, 3.8) is 0 Å². The summed E-state index contributed by atoms with van der Waals surface area (Å²) in [4.78, 5) is 0. The fourth-order valence-electron chi connectivity index (χ4n) is 0.657. The van der Waals surface area contributed by atoms with Crippen molar-refractivity contribution in [2.75, 3.05) is 0 Å². The van der Waals surface area contributed by atoms with Crippen LogP contribution in [0.3, 0.4) is 0 Å². The molecule has 0 fully saturated rings. The Bertz CT molecular complexity index is 197. The molecule has 0 aliphatic heterocycles. The minimum Gasteiger partial charge on any atom is -0.491 e. The van der Waals surface area contributed by atoms with E-state index in [0.29, 0.717) is 0 Å². The third-order valence-electron chi connectivity index (χ3n) is 1.08. The summed E-state index contributed by atoms with van der Waals surface area (Å²) >= 11 is 0. The predicted molar refractivity (Wildman–Crippen MR) is 53.8 cm³/mol. The van der Waals surface area contributed by atoms with Crippen molar-refractivity contribution >= 4 is 0 Å². The first-order chi connectivity index (χ1) is 5.70. The van der Waals surface area contributed by atoms with Crippen LogP contribution in [0.2, 0.25) is 0 Å². The Morgan fingerprint density at radius 3 is 2.33 bits per heavy atom. The highest BCUT2D eigenvalue weighted by atomic mass is 16.5. The van der Waals surface area contributed by atoms with Gasteiger partial charge in [0.2, 0.25) is 0 Å². The molecule has 0 rings (SSSR count). The van der Waals surface area contributed by atoms with Gasteiger partial charge in [-0.05, 0) is 26.0 Å². The van der Waals surface area contributed by atoms with Crippen molar-refractivity contribution in [2.45, 2.75) is 20.0 Å². The Balaban J connectivity index is 4.12. The fourth-order valence-corrected chi connectivity index (χ4v) is 0.657. The van der Waals surface area contributed by atoms with E-state index in [9.17, 15) is 0 Å². The maximum Gasteiger partial charge on any atom is 0.119 e. The lowest BCUT2D eigenvalue weighted by Crippen LogP contribution is -1.99. The van der Waals surface area contributed by atoms with E-state index in [4.69, 9.17) is 4.74 Å². The topological polar surface area (TPSA) is 9.23 Å². The van der Waals surface area contributed by atoms with Gasteiger partial charge in [0, 0.05) is 0 Å². The molecule has 0 aromatic rings. The first-order valence-corrected chi connectivity index (χ1v) is 3.99. The first kappa shape index (κ1) is 10.8. The molecule has 0 saturated heterocycles. The van der Waals surface area contributed by atoms with Gasteiger partial charge in [-0.2, -0.15) is 0 Å². The van der Waals surface area contributed by atoms with Crippen LogP contribution in [0.15, 0.2) is 49.3 Å². The molecule has 0 heterocycles. The molecule has 0 atom stereocenters. The third-order valence-corrected chi connectivity index (χ3v) is 1.08. The highest BCUT2D eigenvalue weighted by Gasteiger charge is 1.93. The molecule has 0 spiro atoms. The van der Waals surface area contributed by atoms with Gasteiger partial charge in [0.05, 0.1) is 6.10 Å². The summed E-state index contributed by atoms with van der Waals surface area (Å²) in [6, 6.07) is 0. The van der Waals surface area contributed by atoms with Gasteiger partial charge in [0.15, 0.2) is 0 Å². The van der Waals surface area contributed by atoms with Crippen molar-refractivity contribution in [2.24, 2.45) is 0 Å². The minimum atomic E-state index is 0.186. The largest absolute Gasteiger partial charge is 0.491 e. The molecule has 66 valence electrons. The zero-order valence-corrected chi connectivity index (χ0v) is 7.79. The van der Waals surface area contributed by atoms with Crippen LogP contribution in [0, 0.1) is 0 Å². The lowest BCUT2D eigenvalue weighted by molar-refractivity contribution is 0.158. The van der Waals surface area contributed by atoms with Gasteiger partial charge in [-0.25, -0.2) is 0 Å². The molecule has 0 aliphatic carbocycles. The van der Waals surface area contributed by atoms with E-state index in [1.165, 1.54) is 0 Å². The van der Waals surface area contributed by atoms with Gasteiger partial charge in [-0.15, -0.1) is 0 Å². The summed E-state index contributed by atoms with van der Waals surface area (Å²) in [6.45, 7) is 11.2. The molecule has 0 aliphatic rings. The molecule has 0 N–H and O–H groups in total. The van der Waals surface area contributed by atoms with E-state index in [-0.39, 0.29) is 6.10 Å². The molecular formula is C11H16O. The van der Waals surface area contributed by atoms with Gasteiger partial charge >= 0.3 is 0 Å². The molecule has 12 heavy (non-hydrogen) atoms. The van der Waals surface area contributed by atoms with Gasteiger partial charge < -0.3 is 4.74 Å². The van der Waals surface area contributed by atoms with Crippen LogP contribution < -0.4 is 0 Å². The molecule has 1 heteroatoms. The van der Waals surface area contributed by atoms with Crippen molar-refractivity contribution in [3.05, 3.63) is 49.3 Å². The van der Waals surface area contributed by atoms with Crippen LogP contribution in [0.25, 0.3) is 0 Å². The van der Waals surface area contributed by atoms with Gasteiger partial charge in [0.25, 0.3) is 0 Å². The molecule has 0 aromatic heterocycles. The Morgan fingerprint density at radius 1 is 1.25 bits per heavy atom. The maximum atomic E-state index is 5.40. The number of allylic oxidation sites excluding steroid dienone is 5. The highest BCUT2D eigenvalue weighted by molar-refractivity contribution is 5.18. The SMILES string of the molecule is C=C/C=C\C=C(/C=C)OC(C)C. The Hall–Kier alpha value is -1.24. The van der Waals surface area contributed by atoms with E-state index < -0.39 is 0 Å². The number of ether oxygens (including phenoxy) is 1. The smallest absolute Gasteiger partial charge is 0.119 e. The van der Waals surface area contributed by atoms with Crippen LogP contribution in [0.1, 0.15) is 13.8 Å². The van der Waals surface area contributed by atoms with E-state index in [0.717, 1.165) is 5.76 Å². The fraction of sp³-hybridized carbons (Fsp3) is 0.273. The van der Waals surface area contributed by atoms with Crippen molar-refractivity contribution in [3.8, 4) is 0 Å². The van der Waals surface area contributed by atoms with Crippen molar-refractivity contribution in [1.82, 2.24) is 0 Å². The van der Waals surface area contributed by atoms with E-state index in [1.54, 1.807) is 12.2 Å². The van der Waals surface area contributed by atoms with Crippen LogP contribution in [-0.2, 0) is 4.74 Å². The summed E-state index contributed by atoms with van der Waals surface area (Å²) in [5.74, 6) is 0.781. The summed E-state index contributed by atoms with van der Waals surface area (Å²) in [5, 5.41) is 0. The molecule has 0 radical (unpaired) electrons. The van der Waals surface area contributed by atoms with Crippen molar-refractivity contribution < 1.29 is 4.74 Å². The third kappa shape index (κ3) is 5.54. The molecule has 0 bridgehead atoms. The first-order valence-electron chi connectivity index (χ1n) is 3.99.